The highest BCUT2D eigenvalue weighted by Crippen LogP contribution is 2.28. The molecule has 0 bridgehead atoms. The molecular formula is C15H14INO2. The van der Waals surface area contributed by atoms with Gasteiger partial charge in [-0.3, -0.25) is 4.99 Å². The molecule has 0 unspecified atom stereocenters. The fourth-order valence-corrected chi connectivity index (χ4v) is 2.18. The molecule has 4 heteroatoms. The number of phenolic OH excluding ortho intramolecular Hbond substituents is 2. The van der Waals surface area contributed by atoms with Crippen molar-refractivity contribution in [3.05, 3.63) is 51.1 Å². The van der Waals surface area contributed by atoms with Crippen LogP contribution in [0.3, 0.4) is 0 Å². The molecule has 0 heterocycles. The topological polar surface area (TPSA) is 52.8 Å². The molecule has 0 aliphatic carbocycles. The van der Waals surface area contributed by atoms with Crippen molar-refractivity contribution in [2.75, 3.05) is 0 Å². The highest BCUT2D eigenvalue weighted by molar-refractivity contribution is 14.1. The second-order valence-electron chi connectivity index (χ2n) is 4.14. The van der Waals surface area contributed by atoms with E-state index in [0.717, 1.165) is 15.6 Å². The minimum absolute atomic E-state index is 0.138. The summed E-state index contributed by atoms with van der Waals surface area (Å²) >= 11 is 2.17. The van der Waals surface area contributed by atoms with Crippen LogP contribution in [0.2, 0.25) is 0 Å². The van der Waals surface area contributed by atoms with Crippen LogP contribution in [0.5, 0.6) is 11.5 Å². The number of nitrogens with zero attached hydrogens (tertiary/aromatic N) is 1. The average Bonchev–Trinajstić information content (AvgIpc) is 2.41. The molecule has 0 aromatic heterocycles. The lowest BCUT2D eigenvalue weighted by Crippen LogP contribution is -1.84. The van der Waals surface area contributed by atoms with E-state index in [4.69, 9.17) is 0 Å². The van der Waals surface area contributed by atoms with E-state index >= 15 is 0 Å². The smallest absolute Gasteiger partial charge is 0.141 e. The van der Waals surface area contributed by atoms with Crippen molar-refractivity contribution in [3.63, 3.8) is 0 Å². The minimum atomic E-state index is 0.138. The molecule has 2 aromatic carbocycles. The van der Waals surface area contributed by atoms with Crippen molar-refractivity contribution >= 4 is 34.5 Å². The van der Waals surface area contributed by atoms with Crippen LogP contribution >= 0.6 is 22.6 Å². The normalized spacial score (nSPS) is 11.1. The van der Waals surface area contributed by atoms with Gasteiger partial charge in [-0.1, -0.05) is 13.0 Å². The van der Waals surface area contributed by atoms with Crippen LogP contribution in [0.15, 0.2) is 41.4 Å². The third kappa shape index (κ3) is 3.47. The van der Waals surface area contributed by atoms with Crippen molar-refractivity contribution in [2.24, 2.45) is 4.99 Å². The van der Waals surface area contributed by atoms with Gasteiger partial charge >= 0.3 is 0 Å². The first-order valence-electron chi connectivity index (χ1n) is 5.94. The Bertz CT molecular complexity index is 624. The van der Waals surface area contributed by atoms with Gasteiger partial charge in [-0.05, 0) is 64.9 Å². The maximum absolute atomic E-state index is 9.75. The first kappa shape index (κ1) is 13.9. The van der Waals surface area contributed by atoms with Gasteiger partial charge in [-0.25, -0.2) is 0 Å². The zero-order valence-electron chi connectivity index (χ0n) is 10.5. The number of rotatable bonds is 3. The van der Waals surface area contributed by atoms with Crippen LogP contribution in [-0.4, -0.2) is 16.4 Å². The standard InChI is InChI=1S/C15H14INO2/c1-2-10-3-5-15(19)13(7-10)17-9-11-8-12(16)4-6-14(11)18/h3-9,18-19H,2H2,1H3. The molecule has 0 radical (unpaired) electrons. The van der Waals surface area contributed by atoms with E-state index in [1.54, 1.807) is 18.3 Å². The Hall–Kier alpha value is -1.56. The summed E-state index contributed by atoms with van der Waals surface area (Å²) in [5, 5.41) is 19.5. The Kier molecular flexibility index (Phi) is 4.42. The summed E-state index contributed by atoms with van der Waals surface area (Å²) in [7, 11) is 0. The maximum Gasteiger partial charge on any atom is 0.141 e. The summed E-state index contributed by atoms with van der Waals surface area (Å²) in [5.41, 5.74) is 2.25. The zero-order valence-corrected chi connectivity index (χ0v) is 12.6. The quantitative estimate of drug-likeness (QED) is 0.636. The van der Waals surface area contributed by atoms with E-state index in [0.29, 0.717) is 11.3 Å². The van der Waals surface area contributed by atoms with Crippen LogP contribution in [-0.2, 0) is 6.42 Å². The number of hydrogen-bond acceptors (Lipinski definition) is 3. The van der Waals surface area contributed by atoms with E-state index in [2.05, 4.69) is 27.6 Å². The minimum Gasteiger partial charge on any atom is -0.507 e. The van der Waals surface area contributed by atoms with Crippen LogP contribution in [0.25, 0.3) is 0 Å². The molecule has 0 saturated carbocycles. The lowest BCUT2D eigenvalue weighted by Gasteiger charge is -2.03. The van der Waals surface area contributed by atoms with Crippen LogP contribution in [0, 0.1) is 3.57 Å². The Morgan fingerprint density at radius 3 is 2.58 bits per heavy atom. The Balaban J connectivity index is 2.34. The van der Waals surface area contributed by atoms with Gasteiger partial charge in [-0.15, -0.1) is 0 Å². The molecule has 19 heavy (non-hydrogen) atoms. The van der Waals surface area contributed by atoms with E-state index in [9.17, 15) is 10.2 Å². The molecule has 3 nitrogen and oxygen atoms in total. The van der Waals surface area contributed by atoms with Crippen molar-refractivity contribution in [3.8, 4) is 11.5 Å². The molecule has 2 N–H and O–H groups in total. The first-order chi connectivity index (χ1) is 9.10. The van der Waals surface area contributed by atoms with Gasteiger partial charge in [0.2, 0.25) is 0 Å². The van der Waals surface area contributed by atoms with Gasteiger partial charge in [0.1, 0.15) is 17.2 Å². The van der Waals surface area contributed by atoms with E-state index in [1.807, 2.05) is 31.2 Å². The lowest BCUT2D eigenvalue weighted by atomic mass is 10.1. The highest BCUT2D eigenvalue weighted by atomic mass is 127. The molecule has 0 amide bonds. The summed E-state index contributed by atoms with van der Waals surface area (Å²) in [6.07, 6.45) is 2.45. The molecule has 0 aliphatic rings. The van der Waals surface area contributed by atoms with E-state index < -0.39 is 0 Å². The summed E-state index contributed by atoms with van der Waals surface area (Å²) in [5.74, 6) is 0.314. The van der Waals surface area contributed by atoms with Gasteiger partial charge in [0.25, 0.3) is 0 Å². The summed E-state index contributed by atoms with van der Waals surface area (Å²) in [6, 6.07) is 10.6. The largest absolute Gasteiger partial charge is 0.507 e. The molecule has 0 spiro atoms. The first-order valence-corrected chi connectivity index (χ1v) is 7.02. The molecule has 2 aromatic rings. The van der Waals surface area contributed by atoms with Crippen LogP contribution in [0.1, 0.15) is 18.1 Å². The zero-order chi connectivity index (χ0) is 13.8. The van der Waals surface area contributed by atoms with Gasteiger partial charge in [0.15, 0.2) is 0 Å². The molecule has 98 valence electrons. The molecule has 0 atom stereocenters. The van der Waals surface area contributed by atoms with Gasteiger partial charge < -0.3 is 10.2 Å². The highest BCUT2D eigenvalue weighted by Gasteiger charge is 2.02. The number of benzene rings is 2. The number of hydrogen-bond donors (Lipinski definition) is 2. The number of aliphatic imine (C=N–C) groups is 1. The molecule has 2 rings (SSSR count). The van der Waals surface area contributed by atoms with Gasteiger partial charge in [-0.2, -0.15) is 0 Å². The lowest BCUT2D eigenvalue weighted by molar-refractivity contribution is 0.473. The maximum atomic E-state index is 9.75. The Labute approximate surface area is 125 Å². The predicted octanol–water partition coefficient (Wildman–Crippen LogP) is 4.02. The van der Waals surface area contributed by atoms with Crippen LogP contribution < -0.4 is 0 Å². The Morgan fingerprint density at radius 1 is 1.11 bits per heavy atom. The third-order valence-electron chi connectivity index (χ3n) is 2.78. The second kappa shape index (κ2) is 6.06. The molecule has 0 fully saturated rings. The SMILES string of the molecule is CCc1ccc(O)c(N=Cc2cc(I)ccc2O)c1. The third-order valence-corrected chi connectivity index (χ3v) is 3.45. The van der Waals surface area contributed by atoms with E-state index in [1.165, 1.54) is 0 Å². The van der Waals surface area contributed by atoms with E-state index in [-0.39, 0.29) is 11.5 Å². The fourth-order valence-electron chi connectivity index (χ4n) is 1.66. The second-order valence-corrected chi connectivity index (χ2v) is 5.38. The summed E-state index contributed by atoms with van der Waals surface area (Å²) in [4.78, 5) is 4.25. The average molecular weight is 367 g/mol. The Morgan fingerprint density at radius 2 is 1.84 bits per heavy atom. The summed E-state index contributed by atoms with van der Waals surface area (Å²) in [6.45, 7) is 2.05. The summed E-state index contributed by atoms with van der Waals surface area (Å²) < 4.78 is 1.02. The van der Waals surface area contributed by atoms with Crippen LogP contribution in [0.4, 0.5) is 5.69 Å². The van der Waals surface area contributed by atoms with Crippen molar-refractivity contribution in [1.82, 2.24) is 0 Å². The predicted molar refractivity (Wildman–Crippen MR) is 85.6 cm³/mol. The molecule has 0 saturated heterocycles. The number of halogens is 1. The van der Waals surface area contributed by atoms with Crippen molar-refractivity contribution in [2.45, 2.75) is 13.3 Å². The monoisotopic (exact) mass is 367 g/mol. The fraction of sp³-hybridized carbons (Fsp3) is 0.133. The van der Waals surface area contributed by atoms with Gasteiger partial charge in [0.05, 0.1) is 0 Å². The van der Waals surface area contributed by atoms with Crippen molar-refractivity contribution in [1.29, 1.82) is 0 Å². The molecule has 0 aliphatic heterocycles. The number of aryl methyl sites for hydroxylation is 1. The number of phenols is 2. The number of aromatic hydroxyl groups is 2. The van der Waals surface area contributed by atoms with Crippen molar-refractivity contribution < 1.29 is 10.2 Å². The molecular weight excluding hydrogens is 353 g/mol. The van der Waals surface area contributed by atoms with Gasteiger partial charge in [0, 0.05) is 15.3 Å².